The number of nitrogens with one attached hydrogen (secondary N) is 1. The summed E-state index contributed by atoms with van der Waals surface area (Å²) in [6.07, 6.45) is 1.13. The monoisotopic (exact) mass is 252 g/mol. The lowest BCUT2D eigenvalue weighted by Gasteiger charge is -2.22. The quantitative estimate of drug-likeness (QED) is 0.633. The normalized spacial score (nSPS) is 16.5. The van der Waals surface area contributed by atoms with Crippen molar-refractivity contribution in [3.8, 4) is 11.5 Å². The number of ether oxygens (including phenoxy) is 2. The molecular weight excluding hydrogens is 228 g/mol. The molecule has 0 atom stereocenters. The van der Waals surface area contributed by atoms with E-state index in [1.54, 1.807) is 12.0 Å². The highest BCUT2D eigenvalue weighted by molar-refractivity contribution is 5.30. The number of quaternary nitrogens is 2. The standard InChI is InChI=1S/C14H22N2O2/c1-17-13-3-5-14(6-4-13)18-12-2-9-16-10-7-15-8-11-16/h3-6,15H,2,7-12H2,1H3/p+2. The van der Waals surface area contributed by atoms with Crippen molar-refractivity contribution in [2.75, 3.05) is 46.4 Å². The van der Waals surface area contributed by atoms with Crippen LogP contribution in [0.15, 0.2) is 24.3 Å². The van der Waals surface area contributed by atoms with Gasteiger partial charge >= 0.3 is 0 Å². The Bertz CT molecular complexity index is 334. The number of hydrogen-bond donors (Lipinski definition) is 2. The number of nitrogens with two attached hydrogens (primary N) is 1. The third kappa shape index (κ3) is 4.20. The van der Waals surface area contributed by atoms with Gasteiger partial charge in [0.1, 0.15) is 37.7 Å². The summed E-state index contributed by atoms with van der Waals surface area (Å²) in [4.78, 5) is 1.72. The highest BCUT2D eigenvalue weighted by atomic mass is 16.5. The van der Waals surface area contributed by atoms with Crippen LogP contribution in [0.1, 0.15) is 6.42 Å². The molecule has 4 heteroatoms. The molecule has 1 aromatic carbocycles. The molecule has 4 nitrogen and oxygen atoms in total. The molecule has 1 aliphatic heterocycles. The van der Waals surface area contributed by atoms with E-state index in [1.807, 2.05) is 24.3 Å². The lowest BCUT2D eigenvalue weighted by atomic mass is 10.3. The van der Waals surface area contributed by atoms with E-state index in [0.29, 0.717) is 0 Å². The highest BCUT2D eigenvalue weighted by Crippen LogP contribution is 2.16. The first-order chi connectivity index (χ1) is 8.88. The number of rotatable bonds is 6. The summed E-state index contributed by atoms with van der Waals surface area (Å²) in [6, 6.07) is 7.78. The Morgan fingerprint density at radius 3 is 2.44 bits per heavy atom. The number of methoxy groups -OCH3 is 1. The largest absolute Gasteiger partial charge is 0.497 e. The molecule has 2 rings (SSSR count). The Labute approximate surface area is 109 Å². The molecule has 1 fully saturated rings. The molecular formula is C14H24N2O2+2. The average molecular weight is 252 g/mol. The zero-order valence-corrected chi connectivity index (χ0v) is 11.2. The van der Waals surface area contributed by atoms with Crippen LogP contribution in [0.3, 0.4) is 0 Å². The van der Waals surface area contributed by atoms with Crippen LogP contribution in [0, 0.1) is 0 Å². The van der Waals surface area contributed by atoms with E-state index in [9.17, 15) is 0 Å². The van der Waals surface area contributed by atoms with Crippen molar-refractivity contribution < 1.29 is 19.7 Å². The second kappa shape index (κ2) is 7.24. The van der Waals surface area contributed by atoms with E-state index in [4.69, 9.17) is 9.47 Å². The summed E-state index contributed by atoms with van der Waals surface area (Å²) in [6.45, 7) is 7.16. The van der Waals surface area contributed by atoms with Gasteiger partial charge in [-0.3, -0.25) is 0 Å². The molecule has 0 aliphatic carbocycles. The first kappa shape index (κ1) is 13.2. The van der Waals surface area contributed by atoms with Crippen molar-refractivity contribution in [3.63, 3.8) is 0 Å². The molecule has 100 valence electrons. The van der Waals surface area contributed by atoms with E-state index in [-0.39, 0.29) is 0 Å². The average Bonchev–Trinajstić information content (AvgIpc) is 2.45. The summed E-state index contributed by atoms with van der Waals surface area (Å²) in [7, 11) is 1.68. The summed E-state index contributed by atoms with van der Waals surface area (Å²) in [5.74, 6) is 1.80. The fourth-order valence-electron chi connectivity index (χ4n) is 2.32. The van der Waals surface area contributed by atoms with Gasteiger partial charge in [0.15, 0.2) is 0 Å². The zero-order chi connectivity index (χ0) is 12.6. The van der Waals surface area contributed by atoms with E-state index < -0.39 is 0 Å². The van der Waals surface area contributed by atoms with E-state index in [0.717, 1.165) is 24.5 Å². The Morgan fingerprint density at radius 2 is 1.78 bits per heavy atom. The van der Waals surface area contributed by atoms with Crippen LogP contribution in [0.25, 0.3) is 0 Å². The third-order valence-electron chi connectivity index (χ3n) is 3.41. The fourth-order valence-corrected chi connectivity index (χ4v) is 2.32. The van der Waals surface area contributed by atoms with Gasteiger partial charge in [0, 0.05) is 6.42 Å². The summed E-state index contributed by atoms with van der Waals surface area (Å²) >= 11 is 0. The summed E-state index contributed by atoms with van der Waals surface area (Å²) in [5.41, 5.74) is 0. The number of piperazine rings is 1. The minimum absolute atomic E-state index is 0.805. The van der Waals surface area contributed by atoms with Crippen molar-refractivity contribution in [3.05, 3.63) is 24.3 Å². The molecule has 3 N–H and O–H groups in total. The molecule has 0 unspecified atom stereocenters. The highest BCUT2D eigenvalue weighted by Gasteiger charge is 2.14. The third-order valence-corrected chi connectivity index (χ3v) is 3.41. The summed E-state index contributed by atoms with van der Waals surface area (Å²) in [5, 5.41) is 2.40. The SMILES string of the molecule is COc1ccc(OCCC[NH+]2CC[NH2+]CC2)cc1. The van der Waals surface area contributed by atoms with Gasteiger partial charge in [-0.05, 0) is 24.3 Å². The molecule has 1 aromatic rings. The molecule has 0 radical (unpaired) electrons. The van der Waals surface area contributed by atoms with Crippen molar-refractivity contribution in [2.45, 2.75) is 6.42 Å². The smallest absolute Gasteiger partial charge is 0.127 e. The van der Waals surface area contributed by atoms with Gasteiger partial charge in [-0.1, -0.05) is 0 Å². The van der Waals surface area contributed by atoms with Crippen molar-refractivity contribution in [1.29, 1.82) is 0 Å². The van der Waals surface area contributed by atoms with Crippen LogP contribution in [0.4, 0.5) is 0 Å². The number of hydrogen-bond acceptors (Lipinski definition) is 2. The van der Waals surface area contributed by atoms with Gasteiger partial charge in [-0.25, -0.2) is 0 Å². The minimum Gasteiger partial charge on any atom is -0.497 e. The molecule has 0 bridgehead atoms. The van der Waals surface area contributed by atoms with Gasteiger partial charge in [0.25, 0.3) is 0 Å². The lowest BCUT2D eigenvalue weighted by Crippen LogP contribution is -3.20. The van der Waals surface area contributed by atoms with Gasteiger partial charge in [-0.2, -0.15) is 0 Å². The maximum atomic E-state index is 5.72. The van der Waals surface area contributed by atoms with Crippen molar-refractivity contribution in [2.24, 2.45) is 0 Å². The van der Waals surface area contributed by atoms with Crippen LogP contribution >= 0.6 is 0 Å². The topological polar surface area (TPSA) is 39.5 Å². The van der Waals surface area contributed by atoms with Crippen LogP contribution in [-0.4, -0.2) is 46.4 Å². The first-order valence-corrected chi connectivity index (χ1v) is 6.80. The van der Waals surface area contributed by atoms with Crippen molar-refractivity contribution >= 4 is 0 Å². The Morgan fingerprint density at radius 1 is 1.11 bits per heavy atom. The maximum absolute atomic E-state index is 5.72. The maximum Gasteiger partial charge on any atom is 0.127 e. The molecule has 1 saturated heterocycles. The van der Waals surface area contributed by atoms with Crippen LogP contribution in [-0.2, 0) is 0 Å². The van der Waals surface area contributed by atoms with Gasteiger partial charge in [0.05, 0.1) is 20.3 Å². The van der Waals surface area contributed by atoms with E-state index in [1.165, 1.54) is 32.7 Å². The van der Waals surface area contributed by atoms with Crippen LogP contribution in [0.5, 0.6) is 11.5 Å². The predicted octanol–water partition coefficient (Wildman–Crippen LogP) is -1.07. The Hall–Kier alpha value is -1.26. The van der Waals surface area contributed by atoms with Crippen molar-refractivity contribution in [1.82, 2.24) is 0 Å². The van der Waals surface area contributed by atoms with Gasteiger partial charge < -0.3 is 19.7 Å². The van der Waals surface area contributed by atoms with Crippen LogP contribution < -0.4 is 19.7 Å². The zero-order valence-electron chi connectivity index (χ0n) is 11.2. The van der Waals surface area contributed by atoms with Gasteiger partial charge in [-0.15, -0.1) is 0 Å². The molecule has 0 spiro atoms. The minimum atomic E-state index is 0.805. The van der Waals surface area contributed by atoms with E-state index >= 15 is 0 Å². The van der Waals surface area contributed by atoms with E-state index in [2.05, 4.69) is 5.32 Å². The molecule has 0 amide bonds. The van der Waals surface area contributed by atoms with Gasteiger partial charge in [0.2, 0.25) is 0 Å². The van der Waals surface area contributed by atoms with Crippen LogP contribution in [0.2, 0.25) is 0 Å². The molecule has 0 saturated carbocycles. The first-order valence-electron chi connectivity index (χ1n) is 6.80. The molecule has 1 heterocycles. The Kier molecular flexibility index (Phi) is 5.30. The predicted molar refractivity (Wildman–Crippen MR) is 70.3 cm³/mol. The fraction of sp³-hybridized carbons (Fsp3) is 0.571. The Balaban J connectivity index is 1.62. The molecule has 1 aliphatic rings. The second-order valence-electron chi connectivity index (χ2n) is 4.74. The molecule has 0 aromatic heterocycles. The molecule has 18 heavy (non-hydrogen) atoms. The number of benzene rings is 1. The lowest BCUT2D eigenvalue weighted by molar-refractivity contribution is -0.946. The second-order valence-corrected chi connectivity index (χ2v) is 4.74. The summed E-state index contributed by atoms with van der Waals surface area (Å²) < 4.78 is 10.8.